The zero-order chi connectivity index (χ0) is 18.1. The highest BCUT2D eigenvalue weighted by Crippen LogP contribution is 2.38. The lowest BCUT2D eigenvalue weighted by atomic mass is 10.1. The van der Waals surface area contributed by atoms with Crippen LogP contribution in [0.1, 0.15) is 24.8 Å². The molecule has 0 aliphatic carbocycles. The number of hydrogen-bond acceptors (Lipinski definition) is 5. The highest BCUT2D eigenvalue weighted by Gasteiger charge is 2.16. The summed E-state index contributed by atoms with van der Waals surface area (Å²) < 4.78 is 15.6. The Morgan fingerprint density at radius 1 is 1.16 bits per heavy atom. The van der Waals surface area contributed by atoms with Gasteiger partial charge in [-0.15, -0.1) is 0 Å². The summed E-state index contributed by atoms with van der Waals surface area (Å²) in [6.45, 7) is 1.99. The summed E-state index contributed by atoms with van der Waals surface area (Å²) >= 11 is 6.18. The molecule has 0 fully saturated rings. The lowest BCUT2D eigenvalue weighted by Gasteiger charge is -2.20. The minimum Gasteiger partial charge on any atom is -0.486 e. The first-order valence-electron chi connectivity index (χ1n) is 8.26. The van der Waals surface area contributed by atoms with E-state index in [9.17, 15) is 9.59 Å². The van der Waals surface area contributed by atoms with Crippen LogP contribution in [-0.2, 0) is 16.0 Å². The van der Waals surface area contributed by atoms with Crippen molar-refractivity contribution in [1.82, 2.24) is 10.6 Å². The second-order valence-corrected chi connectivity index (χ2v) is 5.97. The molecule has 1 aliphatic heterocycles. The molecule has 0 saturated carbocycles. The molecule has 7 nitrogen and oxygen atoms in total. The number of benzene rings is 1. The van der Waals surface area contributed by atoms with Gasteiger partial charge in [0.25, 0.3) is 0 Å². The Bertz CT molecular complexity index is 609. The van der Waals surface area contributed by atoms with Crippen LogP contribution in [0.2, 0.25) is 5.02 Å². The first kappa shape index (κ1) is 19.2. The fraction of sp³-hybridized carbons (Fsp3) is 0.529. The summed E-state index contributed by atoms with van der Waals surface area (Å²) in [5.41, 5.74) is 0.965. The molecule has 0 saturated heterocycles. The van der Waals surface area contributed by atoms with Crippen molar-refractivity contribution in [3.63, 3.8) is 0 Å². The highest BCUT2D eigenvalue weighted by molar-refractivity contribution is 6.32. The van der Waals surface area contributed by atoms with E-state index in [4.69, 9.17) is 21.1 Å². The first-order chi connectivity index (χ1) is 12.1. The Labute approximate surface area is 152 Å². The molecule has 8 heteroatoms. The number of ether oxygens (including phenoxy) is 3. The quantitative estimate of drug-likeness (QED) is 0.541. The van der Waals surface area contributed by atoms with Crippen LogP contribution in [0.4, 0.5) is 4.79 Å². The minimum absolute atomic E-state index is 0.234. The smallest absolute Gasteiger partial charge is 0.314 e. The van der Waals surface area contributed by atoms with Gasteiger partial charge in [-0.05, 0) is 37.0 Å². The van der Waals surface area contributed by atoms with E-state index in [0.717, 1.165) is 12.0 Å². The van der Waals surface area contributed by atoms with E-state index in [0.29, 0.717) is 62.1 Å². The number of carbonyl (C=O) groups is 2. The summed E-state index contributed by atoms with van der Waals surface area (Å²) in [6.07, 6.45) is 2.40. The van der Waals surface area contributed by atoms with Crippen molar-refractivity contribution < 1.29 is 23.8 Å². The number of hydrogen-bond donors (Lipinski definition) is 2. The van der Waals surface area contributed by atoms with Crippen molar-refractivity contribution >= 4 is 23.6 Å². The highest BCUT2D eigenvalue weighted by atomic mass is 35.5. The zero-order valence-corrected chi connectivity index (χ0v) is 15.0. The van der Waals surface area contributed by atoms with E-state index in [1.54, 1.807) is 0 Å². The monoisotopic (exact) mass is 370 g/mol. The van der Waals surface area contributed by atoms with Gasteiger partial charge in [0.2, 0.25) is 0 Å². The van der Waals surface area contributed by atoms with Gasteiger partial charge in [0, 0.05) is 19.5 Å². The molecule has 0 spiro atoms. The van der Waals surface area contributed by atoms with Crippen LogP contribution in [-0.4, -0.2) is 45.4 Å². The fourth-order valence-corrected chi connectivity index (χ4v) is 2.68. The number of esters is 1. The van der Waals surface area contributed by atoms with Crippen LogP contribution in [0, 0.1) is 0 Å². The number of methoxy groups -OCH3 is 1. The Balaban J connectivity index is 1.64. The molecule has 25 heavy (non-hydrogen) atoms. The van der Waals surface area contributed by atoms with E-state index >= 15 is 0 Å². The van der Waals surface area contributed by atoms with Gasteiger partial charge in [0.05, 0.1) is 12.1 Å². The number of urea groups is 1. The number of unbranched alkanes of at least 4 members (excludes halogenated alkanes) is 1. The predicted octanol–water partition coefficient (Wildman–Crippen LogP) is 2.30. The number of carbonyl (C=O) groups excluding carboxylic acids is 2. The van der Waals surface area contributed by atoms with Gasteiger partial charge in [0.15, 0.2) is 11.5 Å². The molecule has 0 bridgehead atoms. The van der Waals surface area contributed by atoms with Crippen molar-refractivity contribution in [3.8, 4) is 11.5 Å². The van der Waals surface area contributed by atoms with Crippen molar-refractivity contribution in [2.75, 3.05) is 33.4 Å². The van der Waals surface area contributed by atoms with Crippen molar-refractivity contribution in [1.29, 1.82) is 0 Å². The van der Waals surface area contributed by atoms with Crippen LogP contribution >= 0.6 is 11.6 Å². The van der Waals surface area contributed by atoms with Gasteiger partial charge in [-0.25, -0.2) is 4.79 Å². The number of fused-ring (bicyclic) bond motifs is 1. The average molecular weight is 371 g/mol. The predicted molar refractivity (Wildman–Crippen MR) is 93.4 cm³/mol. The largest absolute Gasteiger partial charge is 0.486 e. The number of nitrogens with one attached hydrogen (secondary N) is 2. The van der Waals surface area contributed by atoms with Gasteiger partial charge >= 0.3 is 12.0 Å². The molecule has 0 radical (unpaired) electrons. The normalized spacial score (nSPS) is 12.4. The third kappa shape index (κ3) is 6.34. The molecular weight excluding hydrogens is 348 g/mol. The number of rotatable bonds is 8. The second-order valence-electron chi connectivity index (χ2n) is 5.57. The zero-order valence-electron chi connectivity index (χ0n) is 14.2. The third-order valence-corrected chi connectivity index (χ3v) is 3.96. The summed E-state index contributed by atoms with van der Waals surface area (Å²) in [5.74, 6) is 0.987. The second kappa shape index (κ2) is 9.98. The van der Waals surface area contributed by atoms with E-state index in [2.05, 4.69) is 15.4 Å². The Morgan fingerprint density at radius 2 is 1.92 bits per heavy atom. The topological polar surface area (TPSA) is 85.9 Å². The van der Waals surface area contributed by atoms with E-state index < -0.39 is 0 Å². The molecule has 2 N–H and O–H groups in total. The summed E-state index contributed by atoms with van der Waals surface area (Å²) in [4.78, 5) is 22.7. The molecule has 0 unspecified atom stereocenters. The third-order valence-electron chi connectivity index (χ3n) is 3.68. The Hall–Kier alpha value is -2.15. The van der Waals surface area contributed by atoms with Crippen LogP contribution < -0.4 is 20.1 Å². The molecule has 138 valence electrons. The minimum atomic E-state index is -0.235. The molecule has 0 aromatic heterocycles. The van der Waals surface area contributed by atoms with Crippen molar-refractivity contribution in [2.45, 2.75) is 25.7 Å². The van der Waals surface area contributed by atoms with Gasteiger partial charge in [-0.3, -0.25) is 4.79 Å². The Kier molecular flexibility index (Phi) is 7.66. The molecule has 2 amide bonds. The average Bonchev–Trinajstić information content (AvgIpc) is 2.61. The molecule has 2 rings (SSSR count). The first-order valence-corrected chi connectivity index (χ1v) is 8.64. The van der Waals surface area contributed by atoms with Crippen LogP contribution in [0.3, 0.4) is 0 Å². The van der Waals surface area contributed by atoms with Gasteiger partial charge in [0.1, 0.15) is 13.2 Å². The fourth-order valence-electron chi connectivity index (χ4n) is 2.39. The summed E-state index contributed by atoms with van der Waals surface area (Å²) in [6, 6.07) is 3.47. The number of amides is 2. The van der Waals surface area contributed by atoms with E-state index in [-0.39, 0.29) is 12.0 Å². The molecule has 1 aliphatic rings. The van der Waals surface area contributed by atoms with Crippen LogP contribution in [0.25, 0.3) is 0 Å². The molecule has 1 aromatic carbocycles. The standard InChI is InChI=1S/C17H23ClN2O5/c1-23-15(21)4-2-3-6-19-17(22)20-7-5-12-10-13(18)16-14(11-12)24-8-9-25-16/h10-11H,2-9H2,1H3,(H2,19,20,22). The lowest BCUT2D eigenvalue weighted by Crippen LogP contribution is -2.37. The van der Waals surface area contributed by atoms with E-state index in [1.807, 2.05) is 12.1 Å². The van der Waals surface area contributed by atoms with Crippen LogP contribution in [0.15, 0.2) is 12.1 Å². The van der Waals surface area contributed by atoms with Crippen LogP contribution in [0.5, 0.6) is 11.5 Å². The maximum atomic E-state index is 11.7. The SMILES string of the molecule is COC(=O)CCCCNC(=O)NCCc1cc(Cl)c2c(c1)OCCO2. The molecular formula is C17H23ClN2O5. The van der Waals surface area contributed by atoms with Crippen molar-refractivity contribution in [2.24, 2.45) is 0 Å². The molecule has 1 aromatic rings. The van der Waals surface area contributed by atoms with Crippen molar-refractivity contribution in [3.05, 3.63) is 22.7 Å². The maximum absolute atomic E-state index is 11.7. The van der Waals surface area contributed by atoms with E-state index in [1.165, 1.54) is 7.11 Å². The van der Waals surface area contributed by atoms with Gasteiger partial charge in [-0.1, -0.05) is 11.6 Å². The summed E-state index contributed by atoms with van der Waals surface area (Å²) in [7, 11) is 1.36. The Morgan fingerprint density at radius 3 is 2.72 bits per heavy atom. The molecule has 1 heterocycles. The van der Waals surface area contributed by atoms with Gasteiger partial charge < -0.3 is 24.8 Å². The number of halogens is 1. The maximum Gasteiger partial charge on any atom is 0.314 e. The summed E-state index contributed by atoms with van der Waals surface area (Å²) in [5, 5.41) is 6.05. The van der Waals surface area contributed by atoms with Gasteiger partial charge in [-0.2, -0.15) is 0 Å². The lowest BCUT2D eigenvalue weighted by molar-refractivity contribution is -0.140. The molecule has 0 atom stereocenters.